The summed E-state index contributed by atoms with van der Waals surface area (Å²) in [5, 5.41) is 23.2. The minimum Gasteiger partial charge on any atom is -0.389 e. The van der Waals surface area contributed by atoms with E-state index in [0.717, 1.165) is 31.6 Å². The molecular weight excluding hydrogens is 246 g/mol. The third-order valence-corrected chi connectivity index (χ3v) is 3.78. The summed E-state index contributed by atoms with van der Waals surface area (Å²) in [6, 6.07) is 0. The van der Waals surface area contributed by atoms with Crippen LogP contribution in [-0.4, -0.2) is 61.9 Å². The van der Waals surface area contributed by atoms with Gasteiger partial charge in [0, 0.05) is 20.2 Å². The first-order chi connectivity index (χ1) is 9.06. The molecule has 0 amide bonds. The van der Waals surface area contributed by atoms with Crippen LogP contribution in [-0.2, 0) is 9.47 Å². The maximum atomic E-state index is 10.4. The van der Waals surface area contributed by atoms with Crippen LogP contribution < -0.4 is 5.32 Å². The van der Waals surface area contributed by atoms with E-state index >= 15 is 0 Å². The molecule has 0 aliphatic heterocycles. The summed E-state index contributed by atoms with van der Waals surface area (Å²) in [5.41, 5.74) is -0.594. The van der Waals surface area contributed by atoms with E-state index in [1.54, 1.807) is 7.11 Å². The molecule has 0 spiro atoms. The minimum atomic E-state index is -0.594. The zero-order valence-corrected chi connectivity index (χ0v) is 12.2. The van der Waals surface area contributed by atoms with E-state index in [1.165, 1.54) is 0 Å². The Kier molecular flexibility index (Phi) is 7.87. The van der Waals surface area contributed by atoms with Gasteiger partial charge >= 0.3 is 0 Å². The van der Waals surface area contributed by atoms with Crippen LogP contribution >= 0.6 is 0 Å². The Morgan fingerprint density at radius 3 is 2.63 bits per heavy atom. The van der Waals surface area contributed by atoms with Crippen molar-refractivity contribution in [1.82, 2.24) is 5.32 Å². The molecule has 114 valence electrons. The normalized spacial score (nSPS) is 29.4. The smallest absolute Gasteiger partial charge is 0.0897 e. The Bertz CT molecular complexity index is 229. The first-order valence-corrected chi connectivity index (χ1v) is 7.23. The third-order valence-electron chi connectivity index (χ3n) is 3.78. The van der Waals surface area contributed by atoms with Crippen LogP contribution in [0, 0.1) is 5.92 Å². The number of rotatable bonds is 9. The van der Waals surface area contributed by atoms with Crippen molar-refractivity contribution in [2.24, 2.45) is 5.92 Å². The average Bonchev–Trinajstić information content (AvgIpc) is 2.39. The number of aliphatic hydroxyl groups is 2. The largest absolute Gasteiger partial charge is 0.389 e. The van der Waals surface area contributed by atoms with Crippen molar-refractivity contribution >= 4 is 0 Å². The molecule has 1 atom stereocenters. The summed E-state index contributed by atoms with van der Waals surface area (Å²) in [6.45, 7) is 4.56. The molecule has 1 saturated carbocycles. The fraction of sp³-hybridized carbons (Fsp3) is 1.00. The zero-order valence-electron chi connectivity index (χ0n) is 12.2. The molecule has 0 heterocycles. The average molecular weight is 275 g/mol. The van der Waals surface area contributed by atoms with Crippen molar-refractivity contribution < 1.29 is 19.7 Å². The summed E-state index contributed by atoms with van der Waals surface area (Å²) in [4.78, 5) is 0. The molecular formula is C14H29NO4. The van der Waals surface area contributed by atoms with Crippen molar-refractivity contribution in [3.8, 4) is 0 Å². The highest BCUT2D eigenvalue weighted by Gasteiger charge is 2.31. The van der Waals surface area contributed by atoms with E-state index in [1.807, 2.05) is 0 Å². The molecule has 0 aromatic heterocycles. The predicted molar refractivity (Wildman–Crippen MR) is 74.2 cm³/mol. The van der Waals surface area contributed by atoms with Crippen LogP contribution in [0.4, 0.5) is 0 Å². The second kappa shape index (κ2) is 8.87. The molecule has 0 bridgehead atoms. The summed E-state index contributed by atoms with van der Waals surface area (Å²) in [6.07, 6.45) is 3.33. The van der Waals surface area contributed by atoms with Crippen LogP contribution in [0.15, 0.2) is 0 Å². The van der Waals surface area contributed by atoms with Gasteiger partial charge in [-0.3, -0.25) is 0 Å². The summed E-state index contributed by atoms with van der Waals surface area (Å²) >= 11 is 0. The predicted octanol–water partition coefficient (Wildman–Crippen LogP) is 0.541. The van der Waals surface area contributed by atoms with Crippen LogP contribution in [0.25, 0.3) is 0 Å². The van der Waals surface area contributed by atoms with Gasteiger partial charge in [0.15, 0.2) is 0 Å². The van der Waals surface area contributed by atoms with Crippen molar-refractivity contribution in [3.05, 3.63) is 0 Å². The van der Waals surface area contributed by atoms with E-state index in [4.69, 9.17) is 9.47 Å². The second-order valence-electron chi connectivity index (χ2n) is 5.76. The summed E-state index contributed by atoms with van der Waals surface area (Å²) in [7, 11) is 1.62. The maximum absolute atomic E-state index is 10.4. The van der Waals surface area contributed by atoms with Gasteiger partial charge in [-0.15, -0.1) is 0 Å². The number of nitrogens with one attached hydrogen (secondary N) is 1. The Labute approximate surface area is 116 Å². The lowest BCUT2D eigenvalue weighted by atomic mass is 9.79. The van der Waals surface area contributed by atoms with Crippen LogP contribution in [0.2, 0.25) is 0 Å². The highest BCUT2D eigenvalue weighted by Crippen LogP contribution is 2.31. The molecule has 1 unspecified atom stereocenters. The molecule has 5 heteroatoms. The SMILES string of the molecule is COCCOCC(O)CNCC1(O)CCC(C)CC1. The molecule has 1 aliphatic carbocycles. The Morgan fingerprint density at radius 2 is 2.00 bits per heavy atom. The summed E-state index contributed by atoms with van der Waals surface area (Å²) < 4.78 is 10.1. The number of hydrogen-bond donors (Lipinski definition) is 3. The molecule has 0 saturated heterocycles. The Morgan fingerprint density at radius 1 is 1.32 bits per heavy atom. The quantitative estimate of drug-likeness (QED) is 0.536. The highest BCUT2D eigenvalue weighted by atomic mass is 16.5. The van der Waals surface area contributed by atoms with Gasteiger partial charge in [-0.2, -0.15) is 0 Å². The minimum absolute atomic E-state index is 0.297. The summed E-state index contributed by atoms with van der Waals surface area (Å²) in [5.74, 6) is 0.722. The van der Waals surface area contributed by atoms with Crippen molar-refractivity contribution in [1.29, 1.82) is 0 Å². The topological polar surface area (TPSA) is 71.0 Å². The second-order valence-corrected chi connectivity index (χ2v) is 5.76. The van der Waals surface area contributed by atoms with Gasteiger partial charge in [-0.25, -0.2) is 0 Å². The van der Waals surface area contributed by atoms with Crippen molar-refractivity contribution in [2.75, 3.05) is 40.0 Å². The molecule has 0 radical (unpaired) electrons. The third kappa shape index (κ3) is 7.22. The van der Waals surface area contributed by atoms with E-state index in [0.29, 0.717) is 32.9 Å². The Balaban J connectivity index is 2.05. The molecule has 1 rings (SSSR count). The maximum Gasteiger partial charge on any atom is 0.0897 e. The molecule has 0 aromatic rings. The van der Waals surface area contributed by atoms with E-state index < -0.39 is 11.7 Å². The molecule has 5 nitrogen and oxygen atoms in total. The molecule has 1 fully saturated rings. The van der Waals surface area contributed by atoms with Gasteiger partial charge in [0.2, 0.25) is 0 Å². The standard InChI is InChI=1S/C14H29NO4/c1-12-3-5-14(17,6-4-12)11-15-9-13(16)10-19-8-7-18-2/h12-13,15-17H,3-11H2,1-2H3. The highest BCUT2D eigenvalue weighted by molar-refractivity contribution is 4.86. The lowest BCUT2D eigenvalue weighted by molar-refractivity contribution is -0.0140. The molecule has 1 aliphatic rings. The van der Waals surface area contributed by atoms with Gasteiger partial charge in [-0.05, 0) is 31.6 Å². The van der Waals surface area contributed by atoms with Crippen LogP contribution in [0.3, 0.4) is 0 Å². The van der Waals surface area contributed by atoms with E-state index in [9.17, 15) is 10.2 Å². The van der Waals surface area contributed by atoms with Gasteiger partial charge in [0.25, 0.3) is 0 Å². The fourth-order valence-electron chi connectivity index (χ4n) is 2.37. The molecule has 0 aromatic carbocycles. The van der Waals surface area contributed by atoms with E-state index in [-0.39, 0.29) is 0 Å². The lowest BCUT2D eigenvalue weighted by Crippen LogP contribution is -2.45. The van der Waals surface area contributed by atoms with Gasteiger partial charge < -0.3 is 25.0 Å². The first kappa shape index (κ1) is 16.9. The number of methoxy groups -OCH3 is 1. The first-order valence-electron chi connectivity index (χ1n) is 7.23. The number of ether oxygens (including phenoxy) is 2. The van der Waals surface area contributed by atoms with Gasteiger partial charge in [0.05, 0.1) is 31.5 Å². The van der Waals surface area contributed by atoms with Gasteiger partial charge in [0.1, 0.15) is 0 Å². The number of aliphatic hydroxyl groups excluding tert-OH is 1. The van der Waals surface area contributed by atoms with Crippen LogP contribution in [0.5, 0.6) is 0 Å². The van der Waals surface area contributed by atoms with Crippen LogP contribution in [0.1, 0.15) is 32.6 Å². The zero-order chi connectivity index (χ0) is 14.1. The monoisotopic (exact) mass is 275 g/mol. The van der Waals surface area contributed by atoms with Crippen molar-refractivity contribution in [3.63, 3.8) is 0 Å². The molecule has 3 N–H and O–H groups in total. The lowest BCUT2D eigenvalue weighted by Gasteiger charge is -2.35. The van der Waals surface area contributed by atoms with Gasteiger partial charge in [-0.1, -0.05) is 6.92 Å². The fourth-order valence-corrected chi connectivity index (χ4v) is 2.37. The molecule has 19 heavy (non-hydrogen) atoms. The Hall–Kier alpha value is -0.200. The van der Waals surface area contributed by atoms with E-state index in [2.05, 4.69) is 12.2 Å². The van der Waals surface area contributed by atoms with Crippen molar-refractivity contribution in [2.45, 2.75) is 44.3 Å². The number of hydrogen-bond acceptors (Lipinski definition) is 5.